The van der Waals surface area contributed by atoms with Crippen LogP contribution < -0.4 is 14.2 Å². The first kappa shape index (κ1) is 13.2. The van der Waals surface area contributed by atoms with Gasteiger partial charge < -0.3 is 19.3 Å². The van der Waals surface area contributed by atoms with E-state index >= 15 is 0 Å². The van der Waals surface area contributed by atoms with Gasteiger partial charge in [-0.05, 0) is 13.0 Å². The topological polar surface area (TPSA) is 65.0 Å². The van der Waals surface area contributed by atoms with Gasteiger partial charge in [-0.15, -0.1) is 0 Å². The van der Waals surface area contributed by atoms with Crippen LogP contribution in [0.4, 0.5) is 0 Å². The number of hydrogen-bond acceptors (Lipinski definition) is 4. The first-order valence-corrected chi connectivity index (χ1v) is 5.22. The molecule has 0 aromatic heterocycles. The van der Waals surface area contributed by atoms with Crippen LogP contribution in [0.2, 0.25) is 0 Å². The molecule has 1 N–H and O–H groups in total. The zero-order valence-corrected chi connectivity index (χ0v) is 10.1. The van der Waals surface area contributed by atoms with E-state index < -0.39 is 5.97 Å². The van der Waals surface area contributed by atoms with Crippen molar-refractivity contribution in [2.75, 3.05) is 20.8 Å². The van der Waals surface area contributed by atoms with E-state index in [4.69, 9.17) is 19.3 Å². The Morgan fingerprint density at radius 2 is 1.94 bits per heavy atom. The molecule has 0 heterocycles. The highest BCUT2D eigenvalue weighted by atomic mass is 16.5. The van der Waals surface area contributed by atoms with Crippen molar-refractivity contribution >= 4 is 5.97 Å². The minimum absolute atomic E-state index is 0.115. The maximum Gasteiger partial charge on any atom is 0.307 e. The third-order valence-corrected chi connectivity index (χ3v) is 2.21. The Labute approximate surface area is 99.9 Å². The van der Waals surface area contributed by atoms with E-state index in [2.05, 4.69) is 0 Å². The monoisotopic (exact) mass is 240 g/mol. The molecule has 5 nitrogen and oxygen atoms in total. The van der Waals surface area contributed by atoms with Gasteiger partial charge in [0, 0.05) is 5.56 Å². The van der Waals surface area contributed by atoms with Gasteiger partial charge in [0.25, 0.3) is 0 Å². The van der Waals surface area contributed by atoms with Gasteiger partial charge >= 0.3 is 5.97 Å². The van der Waals surface area contributed by atoms with E-state index in [1.54, 1.807) is 12.1 Å². The molecule has 0 fully saturated rings. The van der Waals surface area contributed by atoms with Crippen molar-refractivity contribution in [3.8, 4) is 17.2 Å². The van der Waals surface area contributed by atoms with Crippen molar-refractivity contribution in [3.05, 3.63) is 17.7 Å². The van der Waals surface area contributed by atoms with Gasteiger partial charge in [0.2, 0.25) is 5.75 Å². The third kappa shape index (κ3) is 3.03. The van der Waals surface area contributed by atoms with E-state index in [9.17, 15) is 4.79 Å². The lowest BCUT2D eigenvalue weighted by molar-refractivity contribution is -0.136. The third-order valence-electron chi connectivity index (χ3n) is 2.21. The van der Waals surface area contributed by atoms with Gasteiger partial charge in [-0.2, -0.15) is 0 Å². The average Bonchev–Trinajstić information content (AvgIpc) is 2.30. The number of ether oxygens (including phenoxy) is 3. The number of carboxylic acid groups (broad SMARTS) is 1. The lowest BCUT2D eigenvalue weighted by Crippen LogP contribution is -2.06. The molecule has 0 radical (unpaired) electrons. The van der Waals surface area contributed by atoms with Crippen molar-refractivity contribution in [3.63, 3.8) is 0 Å². The highest BCUT2D eigenvalue weighted by Crippen LogP contribution is 2.40. The quantitative estimate of drug-likeness (QED) is 0.820. The molecule has 1 aromatic rings. The summed E-state index contributed by atoms with van der Waals surface area (Å²) in [6, 6.07) is 3.33. The number of rotatable bonds is 6. The lowest BCUT2D eigenvalue weighted by atomic mass is 10.1. The summed E-state index contributed by atoms with van der Waals surface area (Å²) in [6.45, 7) is 2.25. The summed E-state index contributed by atoms with van der Waals surface area (Å²) in [7, 11) is 3.01. The summed E-state index contributed by atoms with van der Waals surface area (Å²) in [5.41, 5.74) is 0.567. The van der Waals surface area contributed by atoms with Gasteiger partial charge in [-0.1, -0.05) is 6.07 Å². The number of aliphatic carboxylic acids is 1. The largest absolute Gasteiger partial charge is 0.493 e. The molecule has 0 aliphatic heterocycles. The second-order valence-electron chi connectivity index (χ2n) is 3.29. The zero-order chi connectivity index (χ0) is 12.8. The molecular formula is C12H16O5. The summed E-state index contributed by atoms with van der Waals surface area (Å²) in [6.07, 6.45) is -0.115. The fourth-order valence-electron chi connectivity index (χ4n) is 1.54. The van der Waals surface area contributed by atoms with E-state index in [0.717, 1.165) is 0 Å². The Morgan fingerprint density at radius 1 is 1.24 bits per heavy atom. The Hall–Kier alpha value is -1.91. The maximum atomic E-state index is 10.8. The van der Waals surface area contributed by atoms with Crippen molar-refractivity contribution < 1.29 is 24.1 Å². The Bertz CT molecular complexity index is 400. The average molecular weight is 240 g/mol. The van der Waals surface area contributed by atoms with Gasteiger partial charge in [0.15, 0.2) is 11.5 Å². The number of carboxylic acids is 1. The zero-order valence-electron chi connectivity index (χ0n) is 10.1. The maximum absolute atomic E-state index is 10.8. The molecule has 0 atom stereocenters. The number of hydrogen-bond donors (Lipinski definition) is 1. The molecule has 94 valence electrons. The van der Waals surface area contributed by atoms with Gasteiger partial charge in [-0.3, -0.25) is 4.79 Å². The molecule has 5 heteroatoms. The number of carbonyl (C=O) groups is 1. The molecule has 1 rings (SSSR count). The normalized spacial score (nSPS) is 9.82. The van der Waals surface area contributed by atoms with E-state index in [0.29, 0.717) is 29.4 Å². The standard InChI is InChI=1S/C12H16O5/c1-4-17-11-8(7-10(13)14)5-6-9(15-2)12(11)16-3/h5-6H,4,7H2,1-3H3,(H,13,14). The molecule has 0 aliphatic rings. The van der Waals surface area contributed by atoms with Crippen LogP contribution in [0.1, 0.15) is 12.5 Å². The fraction of sp³-hybridized carbons (Fsp3) is 0.417. The predicted octanol–water partition coefficient (Wildman–Crippen LogP) is 1.73. The SMILES string of the molecule is CCOc1c(CC(=O)O)ccc(OC)c1OC. The molecule has 0 saturated heterocycles. The molecule has 0 spiro atoms. The highest BCUT2D eigenvalue weighted by molar-refractivity contribution is 5.73. The molecule has 17 heavy (non-hydrogen) atoms. The van der Waals surface area contributed by atoms with Crippen molar-refractivity contribution in [2.45, 2.75) is 13.3 Å². The summed E-state index contributed by atoms with van der Waals surface area (Å²) in [5.74, 6) is 0.452. The second-order valence-corrected chi connectivity index (χ2v) is 3.29. The van der Waals surface area contributed by atoms with E-state index in [-0.39, 0.29) is 6.42 Å². The number of methoxy groups -OCH3 is 2. The number of benzene rings is 1. The summed E-state index contributed by atoms with van der Waals surface area (Å²) in [5, 5.41) is 8.82. The summed E-state index contributed by atoms with van der Waals surface area (Å²) < 4.78 is 15.8. The summed E-state index contributed by atoms with van der Waals surface area (Å²) >= 11 is 0. The van der Waals surface area contributed by atoms with Crippen molar-refractivity contribution in [2.24, 2.45) is 0 Å². The first-order valence-electron chi connectivity index (χ1n) is 5.22. The van der Waals surface area contributed by atoms with E-state index in [1.807, 2.05) is 6.92 Å². The lowest BCUT2D eigenvalue weighted by Gasteiger charge is -2.15. The minimum Gasteiger partial charge on any atom is -0.493 e. The van der Waals surface area contributed by atoms with Crippen molar-refractivity contribution in [1.82, 2.24) is 0 Å². The highest BCUT2D eigenvalue weighted by Gasteiger charge is 2.17. The smallest absolute Gasteiger partial charge is 0.307 e. The second kappa shape index (κ2) is 5.98. The molecular weight excluding hydrogens is 224 g/mol. The Morgan fingerprint density at radius 3 is 2.41 bits per heavy atom. The van der Waals surface area contributed by atoms with Gasteiger partial charge in [-0.25, -0.2) is 0 Å². The Balaban J connectivity index is 3.25. The van der Waals surface area contributed by atoms with Crippen LogP contribution in [0.15, 0.2) is 12.1 Å². The Kier molecular flexibility index (Phi) is 4.63. The van der Waals surface area contributed by atoms with Crippen LogP contribution >= 0.6 is 0 Å². The fourth-order valence-corrected chi connectivity index (χ4v) is 1.54. The molecule has 1 aromatic carbocycles. The molecule has 0 unspecified atom stereocenters. The van der Waals surface area contributed by atoms with Crippen molar-refractivity contribution in [1.29, 1.82) is 0 Å². The molecule has 0 aliphatic carbocycles. The van der Waals surface area contributed by atoms with Crippen LogP contribution in [0.5, 0.6) is 17.2 Å². The van der Waals surface area contributed by atoms with Crippen LogP contribution in [0.25, 0.3) is 0 Å². The predicted molar refractivity (Wildman–Crippen MR) is 62.1 cm³/mol. The van der Waals surface area contributed by atoms with Crippen LogP contribution in [0, 0.1) is 0 Å². The summed E-state index contributed by atoms with van der Waals surface area (Å²) in [4.78, 5) is 10.8. The van der Waals surface area contributed by atoms with Gasteiger partial charge in [0.05, 0.1) is 27.2 Å². The van der Waals surface area contributed by atoms with E-state index in [1.165, 1.54) is 14.2 Å². The van der Waals surface area contributed by atoms with Crippen LogP contribution in [0.3, 0.4) is 0 Å². The molecule has 0 amide bonds. The van der Waals surface area contributed by atoms with Crippen LogP contribution in [-0.2, 0) is 11.2 Å². The first-order chi connectivity index (χ1) is 8.13. The molecule has 0 saturated carbocycles. The van der Waals surface area contributed by atoms with Gasteiger partial charge in [0.1, 0.15) is 0 Å². The van der Waals surface area contributed by atoms with Crippen LogP contribution in [-0.4, -0.2) is 31.9 Å². The minimum atomic E-state index is -0.918. The molecule has 0 bridgehead atoms.